The second kappa shape index (κ2) is 9.94. The van der Waals surface area contributed by atoms with Gasteiger partial charge in [-0.3, -0.25) is 0 Å². The van der Waals surface area contributed by atoms with Crippen LogP contribution >= 0.6 is 0 Å². The Labute approximate surface area is 292 Å². The van der Waals surface area contributed by atoms with E-state index in [-0.39, 0.29) is 5.41 Å². The molecule has 0 amide bonds. The standard InChI is InChI=1S/C49H32O/c1-48(33-15-3-2-4-16-33)40-23-10-7-20-38(40)39-22-13-21-35(46(39)48)32-27-28-44-43(30-32)49(47-34-17-6-5-14-31(34)26-29-45(47)50-44)41-24-11-8-18-36(41)37-19-9-12-25-42(37)49/h2-30H,1H3. The highest BCUT2D eigenvalue weighted by Crippen LogP contribution is 2.64. The maximum absolute atomic E-state index is 6.95. The molecule has 0 radical (unpaired) electrons. The lowest BCUT2D eigenvalue weighted by Gasteiger charge is -2.40. The average Bonchev–Trinajstić information content (AvgIpc) is 3.63. The Morgan fingerprint density at radius 2 is 0.980 bits per heavy atom. The third kappa shape index (κ3) is 3.37. The van der Waals surface area contributed by atoms with Crippen molar-refractivity contribution in [1.82, 2.24) is 0 Å². The van der Waals surface area contributed by atoms with Crippen molar-refractivity contribution in [2.24, 2.45) is 0 Å². The van der Waals surface area contributed by atoms with E-state index >= 15 is 0 Å². The van der Waals surface area contributed by atoms with E-state index in [0.717, 1.165) is 11.5 Å². The van der Waals surface area contributed by atoms with E-state index in [4.69, 9.17) is 4.74 Å². The van der Waals surface area contributed by atoms with Crippen LogP contribution in [-0.2, 0) is 10.8 Å². The molecule has 1 heteroatoms. The molecule has 1 heterocycles. The molecular formula is C49H32O. The van der Waals surface area contributed by atoms with E-state index in [1.54, 1.807) is 0 Å². The first-order valence-electron chi connectivity index (χ1n) is 17.5. The van der Waals surface area contributed by atoms with Crippen molar-refractivity contribution >= 4 is 10.8 Å². The molecule has 8 aromatic rings. The van der Waals surface area contributed by atoms with E-state index in [2.05, 4.69) is 183 Å². The monoisotopic (exact) mass is 636 g/mol. The zero-order valence-electron chi connectivity index (χ0n) is 27.7. The molecule has 2 aliphatic carbocycles. The Hall–Kier alpha value is -6.18. The summed E-state index contributed by atoms with van der Waals surface area (Å²) in [6, 6.07) is 64.9. The van der Waals surface area contributed by atoms with Crippen LogP contribution in [-0.4, -0.2) is 0 Å². The van der Waals surface area contributed by atoms with Gasteiger partial charge in [0.2, 0.25) is 0 Å². The summed E-state index contributed by atoms with van der Waals surface area (Å²) in [4.78, 5) is 0. The summed E-state index contributed by atoms with van der Waals surface area (Å²) in [5.41, 5.74) is 15.8. The molecule has 0 aromatic heterocycles. The van der Waals surface area contributed by atoms with Gasteiger partial charge in [0.25, 0.3) is 0 Å². The third-order valence-corrected chi connectivity index (χ3v) is 11.8. The highest BCUT2D eigenvalue weighted by Gasteiger charge is 2.52. The van der Waals surface area contributed by atoms with E-state index < -0.39 is 5.41 Å². The minimum atomic E-state index is -0.559. The van der Waals surface area contributed by atoms with Crippen LogP contribution < -0.4 is 4.74 Å². The number of hydrogen-bond acceptors (Lipinski definition) is 1. The molecule has 1 spiro atoms. The van der Waals surface area contributed by atoms with Crippen LogP contribution in [0.5, 0.6) is 11.5 Å². The minimum absolute atomic E-state index is 0.316. The lowest BCUT2D eigenvalue weighted by molar-refractivity contribution is 0.438. The van der Waals surface area contributed by atoms with Crippen LogP contribution in [0, 0.1) is 0 Å². The molecule has 11 rings (SSSR count). The van der Waals surface area contributed by atoms with Crippen molar-refractivity contribution in [3.05, 3.63) is 215 Å². The van der Waals surface area contributed by atoms with Crippen LogP contribution in [0.1, 0.15) is 45.9 Å². The molecule has 50 heavy (non-hydrogen) atoms. The molecule has 1 atom stereocenters. The van der Waals surface area contributed by atoms with Gasteiger partial charge in [0.15, 0.2) is 0 Å². The van der Waals surface area contributed by atoms with Gasteiger partial charge in [-0.25, -0.2) is 0 Å². The molecule has 0 fully saturated rings. The fourth-order valence-electron chi connectivity index (χ4n) is 9.77. The topological polar surface area (TPSA) is 9.23 Å². The Balaban J connectivity index is 1.25. The lowest BCUT2D eigenvalue weighted by Crippen LogP contribution is -2.32. The van der Waals surface area contributed by atoms with Gasteiger partial charge in [-0.2, -0.15) is 0 Å². The molecule has 0 saturated carbocycles. The Kier molecular flexibility index (Phi) is 5.51. The Bertz CT molecular complexity index is 2660. The molecule has 0 saturated heterocycles. The summed E-state index contributed by atoms with van der Waals surface area (Å²) in [6.07, 6.45) is 0. The van der Waals surface area contributed by atoms with Crippen LogP contribution in [0.15, 0.2) is 176 Å². The zero-order valence-corrected chi connectivity index (χ0v) is 27.7. The van der Waals surface area contributed by atoms with E-state index in [1.165, 1.54) is 83.1 Å². The first kappa shape index (κ1) is 27.7. The molecule has 1 aliphatic heterocycles. The first-order valence-corrected chi connectivity index (χ1v) is 17.5. The molecule has 234 valence electrons. The molecule has 8 aromatic carbocycles. The molecular weight excluding hydrogens is 605 g/mol. The third-order valence-electron chi connectivity index (χ3n) is 11.8. The fraction of sp³-hybridized carbons (Fsp3) is 0.0612. The zero-order chi connectivity index (χ0) is 33.0. The number of benzene rings is 8. The van der Waals surface area contributed by atoms with Crippen molar-refractivity contribution in [3.8, 4) is 44.9 Å². The van der Waals surface area contributed by atoms with Gasteiger partial charge in [0, 0.05) is 16.5 Å². The molecule has 3 aliphatic rings. The first-order chi connectivity index (χ1) is 24.7. The Morgan fingerprint density at radius 3 is 1.74 bits per heavy atom. The van der Waals surface area contributed by atoms with Gasteiger partial charge in [-0.05, 0) is 97.1 Å². The van der Waals surface area contributed by atoms with Gasteiger partial charge >= 0.3 is 0 Å². The smallest absolute Gasteiger partial charge is 0.132 e. The van der Waals surface area contributed by atoms with Crippen molar-refractivity contribution < 1.29 is 4.74 Å². The molecule has 1 unspecified atom stereocenters. The van der Waals surface area contributed by atoms with Crippen LogP contribution in [0.4, 0.5) is 0 Å². The van der Waals surface area contributed by atoms with Crippen molar-refractivity contribution in [1.29, 1.82) is 0 Å². The van der Waals surface area contributed by atoms with Crippen LogP contribution in [0.25, 0.3) is 44.2 Å². The predicted octanol–water partition coefficient (Wildman–Crippen LogP) is 12.3. The second-order valence-corrected chi connectivity index (χ2v) is 14.1. The fourth-order valence-corrected chi connectivity index (χ4v) is 9.77. The van der Waals surface area contributed by atoms with Crippen molar-refractivity contribution in [3.63, 3.8) is 0 Å². The molecule has 0 N–H and O–H groups in total. The second-order valence-electron chi connectivity index (χ2n) is 14.1. The molecule has 0 bridgehead atoms. The summed E-state index contributed by atoms with van der Waals surface area (Å²) >= 11 is 0. The number of hydrogen-bond donors (Lipinski definition) is 0. The Morgan fingerprint density at radius 1 is 0.400 bits per heavy atom. The number of rotatable bonds is 2. The maximum Gasteiger partial charge on any atom is 0.132 e. The van der Waals surface area contributed by atoms with Crippen molar-refractivity contribution in [2.45, 2.75) is 17.8 Å². The van der Waals surface area contributed by atoms with Gasteiger partial charge < -0.3 is 4.74 Å². The summed E-state index contributed by atoms with van der Waals surface area (Å²) in [7, 11) is 0. The SMILES string of the molecule is CC1(c2ccccc2)c2ccccc2-c2cccc(-c3ccc4c(c3)C3(c5ccccc5-c5ccccc53)c3c(ccc5ccccc35)O4)c21. The number of fused-ring (bicyclic) bond motifs is 14. The van der Waals surface area contributed by atoms with Crippen molar-refractivity contribution in [2.75, 3.05) is 0 Å². The van der Waals surface area contributed by atoms with Gasteiger partial charge in [0.1, 0.15) is 11.5 Å². The highest BCUT2D eigenvalue weighted by molar-refractivity contribution is 5.98. The minimum Gasteiger partial charge on any atom is -0.457 e. The summed E-state index contributed by atoms with van der Waals surface area (Å²) in [5, 5.41) is 2.44. The largest absolute Gasteiger partial charge is 0.457 e. The highest BCUT2D eigenvalue weighted by atomic mass is 16.5. The lowest BCUT2D eigenvalue weighted by atomic mass is 9.64. The van der Waals surface area contributed by atoms with Gasteiger partial charge in [-0.15, -0.1) is 0 Å². The quantitative estimate of drug-likeness (QED) is 0.183. The van der Waals surface area contributed by atoms with E-state index in [9.17, 15) is 0 Å². The van der Waals surface area contributed by atoms with Gasteiger partial charge in [0.05, 0.1) is 5.41 Å². The summed E-state index contributed by atoms with van der Waals surface area (Å²) in [5.74, 6) is 1.83. The maximum atomic E-state index is 6.95. The summed E-state index contributed by atoms with van der Waals surface area (Å²) in [6.45, 7) is 2.41. The van der Waals surface area contributed by atoms with E-state index in [0.29, 0.717) is 0 Å². The molecule has 1 nitrogen and oxygen atoms in total. The van der Waals surface area contributed by atoms with Crippen LogP contribution in [0.3, 0.4) is 0 Å². The van der Waals surface area contributed by atoms with Crippen LogP contribution in [0.2, 0.25) is 0 Å². The van der Waals surface area contributed by atoms with E-state index in [1.807, 2.05) is 0 Å². The van der Waals surface area contributed by atoms with Gasteiger partial charge in [-0.1, -0.05) is 158 Å². The predicted molar refractivity (Wildman–Crippen MR) is 204 cm³/mol. The average molecular weight is 637 g/mol. The normalized spacial score (nSPS) is 16.9. The number of ether oxygens (including phenoxy) is 1. The summed E-state index contributed by atoms with van der Waals surface area (Å²) < 4.78 is 6.95.